The molecule has 2 rings (SSSR count). The second-order valence-corrected chi connectivity index (χ2v) is 5.53. The molecule has 2 heterocycles. The lowest BCUT2D eigenvalue weighted by Crippen LogP contribution is -2.46. The molecule has 1 aliphatic heterocycles. The third-order valence-corrected chi connectivity index (χ3v) is 4.38. The lowest BCUT2D eigenvalue weighted by atomic mass is 9.76. The van der Waals surface area contributed by atoms with Gasteiger partial charge in [0.2, 0.25) is 0 Å². The molecule has 2 atom stereocenters. The van der Waals surface area contributed by atoms with Gasteiger partial charge in [0, 0.05) is 32.4 Å². The number of nitrogens with one attached hydrogen (secondary N) is 1. The molecule has 0 saturated carbocycles. The Morgan fingerprint density at radius 1 is 1.45 bits per heavy atom. The first-order valence-corrected chi connectivity index (χ1v) is 7.61. The van der Waals surface area contributed by atoms with E-state index in [9.17, 15) is 0 Å². The summed E-state index contributed by atoms with van der Waals surface area (Å²) in [4.78, 5) is 4.56. The quantitative estimate of drug-likeness (QED) is 0.750. The summed E-state index contributed by atoms with van der Waals surface area (Å²) in [6.45, 7) is 2.31. The highest BCUT2D eigenvalue weighted by atomic mass is 16.5. The summed E-state index contributed by atoms with van der Waals surface area (Å²) in [6, 6.07) is 6.03. The zero-order valence-corrected chi connectivity index (χ0v) is 12.3. The summed E-state index contributed by atoms with van der Waals surface area (Å²) in [6.07, 6.45) is 6.87. The minimum atomic E-state index is -0.330. The topological polar surface area (TPSA) is 54.4 Å². The Hall–Kier alpha value is -0.970. The molecule has 0 bridgehead atoms. The van der Waals surface area contributed by atoms with Crippen LogP contribution < -0.4 is 5.32 Å². The molecular formula is C16H26N2O2. The van der Waals surface area contributed by atoms with Crippen molar-refractivity contribution in [2.24, 2.45) is 5.92 Å². The van der Waals surface area contributed by atoms with Crippen molar-refractivity contribution in [3.05, 3.63) is 30.1 Å². The van der Waals surface area contributed by atoms with Crippen molar-refractivity contribution in [1.82, 2.24) is 10.3 Å². The van der Waals surface area contributed by atoms with E-state index in [1.807, 2.05) is 18.3 Å². The van der Waals surface area contributed by atoms with E-state index in [0.717, 1.165) is 44.5 Å². The van der Waals surface area contributed by atoms with Gasteiger partial charge in [-0.15, -0.1) is 0 Å². The number of hydrogen-bond acceptors (Lipinski definition) is 4. The second-order valence-electron chi connectivity index (χ2n) is 5.53. The first-order chi connectivity index (χ1) is 9.83. The average Bonchev–Trinajstić information content (AvgIpc) is 2.54. The second kappa shape index (κ2) is 7.72. The molecule has 1 fully saturated rings. The van der Waals surface area contributed by atoms with Crippen LogP contribution in [0.5, 0.6) is 0 Å². The summed E-state index contributed by atoms with van der Waals surface area (Å²) in [5, 5.41) is 12.5. The Morgan fingerprint density at radius 2 is 2.35 bits per heavy atom. The number of unbranched alkanes of at least 4 members (excludes halogenated alkanes) is 1. The Balaban J connectivity index is 2.24. The monoisotopic (exact) mass is 278 g/mol. The molecule has 4 nitrogen and oxygen atoms in total. The van der Waals surface area contributed by atoms with Crippen LogP contribution in [0.25, 0.3) is 0 Å². The van der Waals surface area contributed by atoms with E-state index < -0.39 is 0 Å². The molecule has 0 spiro atoms. The summed E-state index contributed by atoms with van der Waals surface area (Å²) in [7, 11) is 1.79. The number of rotatable bonds is 7. The van der Waals surface area contributed by atoms with Crippen molar-refractivity contribution in [3.63, 3.8) is 0 Å². The van der Waals surface area contributed by atoms with Gasteiger partial charge in [0.25, 0.3) is 0 Å². The first kappa shape index (κ1) is 15.4. The van der Waals surface area contributed by atoms with Crippen molar-refractivity contribution in [2.75, 3.05) is 26.8 Å². The standard InChI is InChI=1S/C16H26N2O2/c1-20-16(9-3-5-12-19,14-7-6-10-17-13-14)15-8-2-4-11-18-15/h2,4,8,11,14,17,19H,3,5-7,9-10,12-13H2,1H3/t14-,16+/m1/s1. The molecule has 1 saturated heterocycles. The van der Waals surface area contributed by atoms with Crippen LogP contribution in [0, 0.1) is 5.92 Å². The molecule has 1 aliphatic rings. The van der Waals surface area contributed by atoms with Gasteiger partial charge in [0.15, 0.2) is 0 Å². The Bertz CT molecular complexity index is 379. The van der Waals surface area contributed by atoms with Crippen molar-refractivity contribution in [1.29, 1.82) is 0 Å². The lowest BCUT2D eigenvalue weighted by molar-refractivity contribution is -0.0829. The summed E-state index contributed by atoms with van der Waals surface area (Å²) in [5.74, 6) is 0.440. The fourth-order valence-corrected chi connectivity index (χ4v) is 3.28. The zero-order valence-electron chi connectivity index (χ0n) is 12.3. The zero-order chi connectivity index (χ0) is 14.3. The van der Waals surface area contributed by atoms with Gasteiger partial charge < -0.3 is 15.2 Å². The third-order valence-electron chi connectivity index (χ3n) is 4.38. The number of aliphatic hydroxyl groups excluding tert-OH is 1. The predicted molar refractivity (Wildman–Crippen MR) is 79.5 cm³/mol. The van der Waals surface area contributed by atoms with Gasteiger partial charge in [-0.1, -0.05) is 6.07 Å². The van der Waals surface area contributed by atoms with Gasteiger partial charge in [0.1, 0.15) is 5.60 Å². The van der Waals surface area contributed by atoms with Gasteiger partial charge in [-0.25, -0.2) is 0 Å². The first-order valence-electron chi connectivity index (χ1n) is 7.61. The molecule has 0 aliphatic carbocycles. The fourth-order valence-electron chi connectivity index (χ4n) is 3.28. The maximum absolute atomic E-state index is 9.05. The normalized spacial score (nSPS) is 22.4. The van der Waals surface area contributed by atoms with Crippen LogP contribution in [0.15, 0.2) is 24.4 Å². The number of aromatic nitrogens is 1. The molecule has 0 radical (unpaired) electrons. The van der Waals surface area contributed by atoms with E-state index in [1.165, 1.54) is 6.42 Å². The van der Waals surface area contributed by atoms with Crippen LogP contribution in [-0.2, 0) is 10.3 Å². The van der Waals surface area contributed by atoms with Crippen LogP contribution in [0.1, 0.15) is 37.8 Å². The van der Waals surface area contributed by atoms with Gasteiger partial charge in [0.05, 0.1) is 5.69 Å². The third kappa shape index (κ3) is 3.37. The average molecular weight is 278 g/mol. The van der Waals surface area contributed by atoms with Crippen molar-refractivity contribution < 1.29 is 9.84 Å². The van der Waals surface area contributed by atoms with Crippen LogP contribution >= 0.6 is 0 Å². The van der Waals surface area contributed by atoms with E-state index in [0.29, 0.717) is 5.92 Å². The Labute approximate surface area is 121 Å². The molecule has 0 amide bonds. The van der Waals surface area contributed by atoms with E-state index in [4.69, 9.17) is 9.84 Å². The van der Waals surface area contributed by atoms with Crippen LogP contribution in [0.4, 0.5) is 0 Å². The van der Waals surface area contributed by atoms with Crippen molar-refractivity contribution in [2.45, 2.75) is 37.7 Å². The number of pyridine rings is 1. The Kier molecular flexibility index (Phi) is 5.95. The van der Waals surface area contributed by atoms with E-state index in [1.54, 1.807) is 7.11 Å². The number of ether oxygens (including phenoxy) is 1. The molecular weight excluding hydrogens is 252 g/mol. The fraction of sp³-hybridized carbons (Fsp3) is 0.688. The van der Waals surface area contributed by atoms with Gasteiger partial charge in [-0.3, -0.25) is 4.98 Å². The molecule has 1 aromatic heterocycles. The summed E-state index contributed by atoms with van der Waals surface area (Å²) >= 11 is 0. The van der Waals surface area contributed by atoms with Crippen LogP contribution in [0.3, 0.4) is 0 Å². The number of aliphatic hydroxyl groups is 1. The molecule has 0 unspecified atom stereocenters. The van der Waals surface area contributed by atoms with Gasteiger partial charge in [-0.05, 0) is 50.8 Å². The molecule has 112 valence electrons. The summed E-state index contributed by atoms with van der Waals surface area (Å²) < 4.78 is 6.03. The predicted octanol–water partition coefficient (Wildman–Crippen LogP) is 2.09. The maximum atomic E-state index is 9.05. The maximum Gasteiger partial charge on any atom is 0.114 e. The smallest absolute Gasteiger partial charge is 0.114 e. The minimum Gasteiger partial charge on any atom is -0.396 e. The van der Waals surface area contributed by atoms with Gasteiger partial charge in [-0.2, -0.15) is 0 Å². The summed E-state index contributed by atoms with van der Waals surface area (Å²) in [5.41, 5.74) is 0.693. The SMILES string of the molecule is CO[C@](CCCCO)(c1ccccn1)[C@@H]1CCCNC1. The highest BCUT2D eigenvalue weighted by Gasteiger charge is 2.41. The van der Waals surface area contributed by atoms with Crippen LogP contribution in [0.2, 0.25) is 0 Å². The highest BCUT2D eigenvalue weighted by molar-refractivity contribution is 5.16. The number of hydrogen-bond donors (Lipinski definition) is 2. The molecule has 20 heavy (non-hydrogen) atoms. The van der Waals surface area contributed by atoms with Crippen molar-refractivity contribution >= 4 is 0 Å². The van der Waals surface area contributed by atoms with E-state index >= 15 is 0 Å². The highest BCUT2D eigenvalue weighted by Crippen LogP contribution is 2.40. The van der Waals surface area contributed by atoms with Gasteiger partial charge >= 0.3 is 0 Å². The minimum absolute atomic E-state index is 0.241. The molecule has 4 heteroatoms. The largest absolute Gasteiger partial charge is 0.396 e. The lowest BCUT2D eigenvalue weighted by Gasteiger charge is -2.41. The van der Waals surface area contributed by atoms with E-state index in [2.05, 4.69) is 16.4 Å². The van der Waals surface area contributed by atoms with Crippen LogP contribution in [-0.4, -0.2) is 36.9 Å². The molecule has 2 N–H and O–H groups in total. The Morgan fingerprint density at radius 3 is 2.95 bits per heavy atom. The number of piperidine rings is 1. The number of methoxy groups -OCH3 is 1. The number of nitrogens with zero attached hydrogens (tertiary/aromatic N) is 1. The molecule has 0 aromatic carbocycles. The molecule has 1 aromatic rings. The van der Waals surface area contributed by atoms with Crippen molar-refractivity contribution in [3.8, 4) is 0 Å². The van der Waals surface area contributed by atoms with E-state index in [-0.39, 0.29) is 12.2 Å².